The number of rotatable bonds is 16. The van der Waals surface area contributed by atoms with Gasteiger partial charge in [-0.1, -0.05) is 26.2 Å². The minimum absolute atomic E-state index is 0.0490. The monoisotopic (exact) mass is 492 g/mol. The summed E-state index contributed by atoms with van der Waals surface area (Å²) in [6, 6.07) is 4.81. The van der Waals surface area contributed by atoms with Crippen molar-refractivity contribution in [2.45, 2.75) is 111 Å². The number of carbonyl (C=O) groups excluding carboxylic acids is 4. The predicted octanol–water partition coefficient (Wildman–Crippen LogP) is 5.47. The number of hydrogen-bond acceptors (Lipinski definition) is 8. The number of hydrogen-bond donors (Lipinski definition) is 0. The van der Waals surface area contributed by atoms with Crippen LogP contribution in [-0.4, -0.2) is 36.1 Å². The minimum atomic E-state index is -0.491. The molecule has 0 spiro atoms. The second-order valence-corrected chi connectivity index (χ2v) is 8.80. The molecule has 0 aliphatic carbocycles. The van der Waals surface area contributed by atoms with Crippen LogP contribution in [0.3, 0.4) is 0 Å². The lowest BCUT2D eigenvalue weighted by molar-refractivity contribution is -0.147. The zero-order valence-corrected chi connectivity index (χ0v) is 21.7. The number of unbranched alkanes of at least 4 members (excludes halogenated alkanes) is 4. The fraction of sp³-hybridized carbons (Fsp3) is 0.630. The lowest BCUT2D eigenvalue weighted by Gasteiger charge is -2.19. The smallest absolute Gasteiger partial charge is 0.308 e. The third kappa shape index (κ3) is 14.9. The Labute approximate surface area is 208 Å². The number of ether oxygens (including phenoxy) is 4. The van der Waals surface area contributed by atoms with Crippen LogP contribution in [-0.2, 0) is 35.1 Å². The molecule has 0 bridgehead atoms. The van der Waals surface area contributed by atoms with Crippen molar-refractivity contribution in [1.82, 2.24) is 0 Å². The molecule has 0 aliphatic rings. The molecule has 1 aromatic rings. The maximum Gasteiger partial charge on any atom is 0.308 e. The summed E-state index contributed by atoms with van der Waals surface area (Å²) in [7, 11) is 0. The third-order valence-electron chi connectivity index (χ3n) is 5.27. The highest BCUT2D eigenvalue weighted by Gasteiger charge is 2.17. The Balaban J connectivity index is 2.71. The SMILES string of the molecule is CCCCC[C@H](CCCCC[C@H](Cc1cc(OC(C)=O)cc(OC(C)=O)c1)OC(C)=O)OC(C)=O. The molecule has 35 heavy (non-hydrogen) atoms. The van der Waals surface area contributed by atoms with E-state index in [2.05, 4.69) is 6.92 Å². The highest BCUT2D eigenvalue weighted by molar-refractivity contribution is 5.71. The molecule has 0 N–H and O–H groups in total. The van der Waals surface area contributed by atoms with Crippen LogP contribution in [0.1, 0.15) is 98.0 Å². The normalized spacial score (nSPS) is 12.4. The van der Waals surface area contributed by atoms with Gasteiger partial charge in [-0.05, 0) is 56.2 Å². The van der Waals surface area contributed by atoms with Crippen LogP contribution < -0.4 is 9.47 Å². The second-order valence-electron chi connectivity index (χ2n) is 8.80. The van der Waals surface area contributed by atoms with Crippen molar-refractivity contribution in [3.05, 3.63) is 23.8 Å². The zero-order valence-electron chi connectivity index (χ0n) is 21.7. The van der Waals surface area contributed by atoms with Gasteiger partial charge in [0.15, 0.2) is 0 Å². The molecular formula is C27H40O8. The number of carbonyl (C=O) groups is 4. The van der Waals surface area contributed by atoms with Crippen LogP contribution in [0, 0.1) is 0 Å². The first-order valence-electron chi connectivity index (χ1n) is 12.4. The zero-order chi connectivity index (χ0) is 26.2. The van der Waals surface area contributed by atoms with E-state index in [-0.39, 0.29) is 35.6 Å². The molecule has 2 atom stereocenters. The molecule has 196 valence electrons. The molecule has 1 rings (SSSR count). The summed E-state index contributed by atoms with van der Waals surface area (Å²) in [5, 5.41) is 0. The summed E-state index contributed by atoms with van der Waals surface area (Å²) in [6.45, 7) is 7.53. The molecule has 1 aromatic carbocycles. The maximum atomic E-state index is 11.7. The van der Waals surface area contributed by atoms with Crippen LogP contribution in [0.5, 0.6) is 11.5 Å². The van der Waals surface area contributed by atoms with Crippen molar-refractivity contribution in [3.8, 4) is 11.5 Å². The van der Waals surface area contributed by atoms with Gasteiger partial charge in [0.25, 0.3) is 0 Å². The highest BCUT2D eigenvalue weighted by Crippen LogP contribution is 2.26. The Morgan fingerprint density at radius 3 is 1.54 bits per heavy atom. The van der Waals surface area contributed by atoms with E-state index in [1.807, 2.05) is 0 Å². The van der Waals surface area contributed by atoms with E-state index in [0.29, 0.717) is 12.8 Å². The Bertz CT molecular complexity index is 798. The summed E-state index contributed by atoms with van der Waals surface area (Å²) in [6.07, 6.45) is 8.26. The fourth-order valence-corrected chi connectivity index (χ4v) is 3.94. The molecule has 0 saturated carbocycles. The molecule has 0 aliphatic heterocycles. The van der Waals surface area contributed by atoms with Gasteiger partial charge in [-0.15, -0.1) is 0 Å². The van der Waals surface area contributed by atoms with Gasteiger partial charge in [-0.3, -0.25) is 19.2 Å². The van der Waals surface area contributed by atoms with Gasteiger partial charge in [0.1, 0.15) is 23.7 Å². The van der Waals surface area contributed by atoms with Crippen LogP contribution in [0.15, 0.2) is 18.2 Å². The Hall–Kier alpha value is -2.90. The lowest BCUT2D eigenvalue weighted by Crippen LogP contribution is -2.19. The van der Waals surface area contributed by atoms with Gasteiger partial charge >= 0.3 is 23.9 Å². The Morgan fingerprint density at radius 1 is 0.629 bits per heavy atom. The van der Waals surface area contributed by atoms with Crippen LogP contribution in [0.25, 0.3) is 0 Å². The lowest BCUT2D eigenvalue weighted by atomic mass is 10.00. The first kappa shape index (κ1) is 30.1. The van der Waals surface area contributed by atoms with Gasteiger partial charge in [-0.2, -0.15) is 0 Å². The van der Waals surface area contributed by atoms with Gasteiger partial charge < -0.3 is 18.9 Å². The van der Waals surface area contributed by atoms with Crippen LogP contribution in [0.2, 0.25) is 0 Å². The summed E-state index contributed by atoms with van der Waals surface area (Å²) in [5.74, 6) is -1.09. The Kier molecular flexibility index (Phi) is 14.4. The van der Waals surface area contributed by atoms with Crippen molar-refractivity contribution in [1.29, 1.82) is 0 Å². The van der Waals surface area contributed by atoms with E-state index in [9.17, 15) is 19.2 Å². The average molecular weight is 493 g/mol. The maximum absolute atomic E-state index is 11.7. The van der Waals surface area contributed by atoms with Crippen molar-refractivity contribution in [2.24, 2.45) is 0 Å². The van der Waals surface area contributed by atoms with E-state index >= 15 is 0 Å². The van der Waals surface area contributed by atoms with Crippen molar-refractivity contribution >= 4 is 23.9 Å². The van der Waals surface area contributed by atoms with E-state index in [1.54, 1.807) is 12.1 Å². The van der Waals surface area contributed by atoms with E-state index < -0.39 is 11.9 Å². The van der Waals surface area contributed by atoms with Gasteiger partial charge in [-0.25, -0.2) is 0 Å². The van der Waals surface area contributed by atoms with Crippen molar-refractivity contribution < 1.29 is 38.1 Å². The Morgan fingerprint density at radius 2 is 1.09 bits per heavy atom. The summed E-state index contributed by atoms with van der Waals surface area (Å²) >= 11 is 0. The van der Waals surface area contributed by atoms with E-state index in [0.717, 1.165) is 56.9 Å². The van der Waals surface area contributed by atoms with Crippen LogP contribution in [0.4, 0.5) is 0 Å². The van der Waals surface area contributed by atoms with Gasteiger partial charge in [0, 0.05) is 40.2 Å². The molecule has 0 unspecified atom stereocenters. The van der Waals surface area contributed by atoms with E-state index in [1.165, 1.54) is 33.8 Å². The molecule has 0 fully saturated rings. The first-order chi connectivity index (χ1) is 16.6. The van der Waals surface area contributed by atoms with Crippen LogP contribution >= 0.6 is 0 Å². The third-order valence-corrected chi connectivity index (χ3v) is 5.27. The first-order valence-corrected chi connectivity index (χ1v) is 12.4. The molecule has 0 aromatic heterocycles. The summed E-state index contributed by atoms with van der Waals surface area (Å²) in [4.78, 5) is 45.8. The predicted molar refractivity (Wildman–Crippen MR) is 131 cm³/mol. The molecule has 8 nitrogen and oxygen atoms in total. The minimum Gasteiger partial charge on any atom is -0.463 e. The molecular weight excluding hydrogens is 452 g/mol. The largest absolute Gasteiger partial charge is 0.463 e. The fourth-order valence-electron chi connectivity index (χ4n) is 3.94. The standard InChI is InChI=1S/C27H40O8/c1-6-7-9-12-24(32-19(2)28)13-10-8-11-14-25(33-20(3)29)15-23-16-26(34-21(4)30)18-27(17-23)35-22(5)31/h16-18,24-25H,6-15H2,1-5H3/t24-,25-/m1/s1. The van der Waals surface area contributed by atoms with Gasteiger partial charge in [0.2, 0.25) is 0 Å². The van der Waals surface area contributed by atoms with Crippen molar-refractivity contribution in [3.63, 3.8) is 0 Å². The highest BCUT2D eigenvalue weighted by atomic mass is 16.6. The molecule has 8 heteroatoms. The molecule has 0 saturated heterocycles. The quantitative estimate of drug-likeness (QED) is 0.170. The van der Waals surface area contributed by atoms with E-state index in [4.69, 9.17) is 18.9 Å². The summed E-state index contributed by atoms with van der Waals surface area (Å²) < 4.78 is 21.3. The number of benzene rings is 1. The topological polar surface area (TPSA) is 105 Å². The average Bonchev–Trinajstić information content (AvgIpc) is 2.71. The van der Waals surface area contributed by atoms with Gasteiger partial charge in [0.05, 0.1) is 0 Å². The number of esters is 4. The molecule has 0 radical (unpaired) electrons. The summed E-state index contributed by atoms with van der Waals surface area (Å²) in [5.41, 5.74) is 0.720. The molecule has 0 amide bonds. The van der Waals surface area contributed by atoms with Crippen molar-refractivity contribution in [2.75, 3.05) is 0 Å². The second kappa shape index (κ2) is 16.7. The molecule has 0 heterocycles.